The molecule has 6 heteroatoms. The first-order chi connectivity index (χ1) is 23.9. The van der Waals surface area contributed by atoms with Gasteiger partial charge in [-0.3, -0.25) is 19.1 Å². The van der Waals surface area contributed by atoms with Crippen molar-refractivity contribution in [2.45, 2.75) is 0 Å². The first-order valence-electron chi connectivity index (χ1n) is 16.4. The van der Waals surface area contributed by atoms with Crippen molar-refractivity contribution >= 4 is 73.1 Å². The normalized spacial score (nSPS) is 12.9. The molecule has 6 heterocycles. The Balaban J connectivity index is 1.38. The third-order valence-electron chi connectivity index (χ3n) is 10.2. The zero-order valence-corrected chi connectivity index (χ0v) is 25.8. The Labute approximate surface area is 277 Å². The quantitative estimate of drug-likeness (QED) is 0.192. The molecular weight excluding hydrogens is 585 g/mol. The second kappa shape index (κ2) is 9.56. The summed E-state index contributed by atoms with van der Waals surface area (Å²) in [6, 6.07) is 52.3. The van der Waals surface area contributed by atoms with Gasteiger partial charge in [0.15, 0.2) is 0 Å². The van der Waals surface area contributed by atoms with Crippen LogP contribution >= 0.6 is 0 Å². The Kier molecular flexibility index (Phi) is 5.13. The van der Waals surface area contributed by atoms with Gasteiger partial charge in [0.05, 0.1) is 27.6 Å². The highest BCUT2D eigenvalue weighted by Crippen LogP contribution is 2.45. The molecule has 9 aromatic rings. The lowest BCUT2D eigenvalue weighted by atomic mass is 9.33. The van der Waals surface area contributed by atoms with Crippen LogP contribution in [0.3, 0.4) is 0 Å². The van der Waals surface area contributed by atoms with Gasteiger partial charge >= 0.3 is 0 Å². The predicted molar refractivity (Wildman–Crippen MR) is 198 cm³/mol. The minimum absolute atomic E-state index is 0.0588. The van der Waals surface area contributed by atoms with Crippen molar-refractivity contribution in [3.63, 3.8) is 0 Å². The summed E-state index contributed by atoms with van der Waals surface area (Å²) in [5.74, 6) is 0. The molecule has 0 radical (unpaired) electrons. The van der Waals surface area contributed by atoms with Crippen LogP contribution < -0.4 is 21.3 Å². The number of fused-ring (bicyclic) bond motifs is 9. The summed E-state index contributed by atoms with van der Waals surface area (Å²) < 4.78 is 4.92. The lowest BCUT2D eigenvalue weighted by Gasteiger charge is -2.40. The second-order valence-electron chi connectivity index (χ2n) is 12.6. The molecular formula is C42H26BN5. The van der Waals surface area contributed by atoms with Gasteiger partial charge in [-0.25, -0.2) is 0 Å². The number of pyridine rings is 2. The van der Waals surface area contributed by atoms with E-state index in [4.69, 9.17) is 9.97 Å². The molecule has 0 bridgehead atoms. The summed E-state index contributed by atoms with van der Waals surface area (Å²) in [5.41, 5.74) is 16.2. The average molecular weight is 612 g/mol. The van der Waals surface area contributed by atoms with E-state index in [1.165, 1.54) is 49.7 Å². The van der Waals surface area contributed by atoms with Gasteiger partial charge in [0.2, 0.25) is 0 Å². The van der Waals surface area contributed by atoms with Gasteiger partial charge < -0.3 is 4.90 Å². The Hall–Kier alpha value is -6.40. The largest absolute Gasteiger partial charge is 0.311 e. The highest BCUT2D eigenvalue weighted by Gasteiger charge is 2.43. The average Bonchev–Trinajstić information content (AvgIpc) is 3.68. The summed E-state index contributed by atoms with van der Waals surface area (Å²) in [4.78, 5) is 12.3. The molecule has 2 aliphatic heterocycles. The number of nitrogens with zero attached hydrogens (tertiary/aromatic N) is 5. The van der Waals surface area contributed by atoms with Crippen LogP contribution in [0, 0.1) is 0 Å². The van der Waals surface area contributed by atoms with Gasteiger partial charge in [0.1, 0.15) is 5.65 Å². The summed E-state index contributed by atoms with van der Waals surface area (Å²) in [7, 11) is 0. The number of aromatic nitrogens is 4. The Morgan fingerprint density at radius 3 is 2.08 bits per heavy atom. The van der Waals surface area contributed by atoms with Gasteiger partial charge in [0.25, 0.3) is 6.71 Å². The van der Waals surface area contributed by atoms with Crippen molar-refractivity contribution in [1.82, 2.24) is 19.1 Å². The van der Waals surface area contributed by atoms with Crippen LogP contribution in [0.1, 0.15) is 0 Å². The van der Waals surface area contributed by atoms with Gasteiger partial charge in [-0.05, 0) is 83.1 Å². The van der Waals surface area contributed by atoms with Crippen molar-refractivity contribution in [1.29, 1.82) is 0 Å². The molecule has 0 spiro atoms. The molecule has 4 aromatic heterocycles. The van der Waals surface area contributed by atoms with Crippen LogP contribution in [-0.4, -0.2) is 25.8 Å². The molecule has 5 aromatic carbocycles. The molecule has 222 valence electrons. The van der Waals surface area contributed by atoms with Crippen LogP contribution in [0.15, 0.2) is 158 Å². The standard InChI is InChI=1S/C42H26BN5/c1-3-13-28(14-4-1)46-34-21-8-7-18-31(34)43-32-19-11-17-30-38-40-35(22-12-24-45-40)47(29-15-5-2-6-16-29)42(38)48(41(30)32)37-26-27(25-36(46)39(37)43)33-20-9-10-23-44-33/h1-26H. The van der Waals surface area contributed by atoms with E-state index >= 15 is 0 Å². The lowest BCUT2D eigenvalue weighted by molar-refractivity contribution is 1.07. The van der Waals surface area contributed by atoms with E-state index in [1.807, 2.05) is 24.5 Å². The Bertz CT molecular complexity index is 2730. The minimum Gasteiger partial charge on any atom is -0.311 e. The van der Waals surface area contributed by atoms with Crippen LogP contribution in [-0.2, 0) is 0 Å². The summed E-state index contributed by atoms with van der Waals surface area (Å²) in [6.07, 6.45) is 3.80. The molecule has 0 fully saturated rings. The molecule has 5 nitrogen and oxygen atoms in total. The molecule has 0 atom stereocenters. The number of anilines is 3. The van der Waals surface area contributed by atoms with E-state index in [9.17, 15) is 0 Å². The SMILES string of the molecule is c1ccc(N2c3ccccc3B3c4c2cc(-c2ccccn2)cc4-n2c4c3cccc4c3c4ncccc4n(-c4ccccc4)c32)cc1. The molecule has 0 N–H and O–H groups in total. The smallest absolute Gasteiger partial charge is 0.252 e. The van der Waals surface area contributed by atoms with Gasteiger partial charge in [0, 0.05) is 51.8 Å². The highest BCUT2D eigenvalue weighted by atomic mass is 15.2. The molecule has 0 unspecified atom stereocenters. The molecule has 11 rings (SSSR count). The van der Waals surface area contributed by atoms with Crippen molar-refractivity contribution in [3.8, 4) is 22.6 Å². The van der Waals surface area contributed by atoms with Crippen molar-refractivity contribution in [2.24, 2.45) is 0 Å². The number of hydrogen-bond acceptors (Lipinski definition) is 3. The van der Waals surface area contributed by atoms with E-state index in [2.05, 4.69) is 147 Å². The molecule has 0 saturated heterocycles. The van der Waals surface area contributed by atoms with E-state index in [0.717, 1.165) is 39.3 Å². The zero-order valence-electron chi connectivity index (χ0n) is 25.8. The highest BCUT2D eigenvalue weighted by molar-refractivity contribution is 7.00. The Morgan fingerprint density at radius 1 is 0.521 bits per heavy atom. The Morgan fingerprint density at radius 2 is 1.25 bits per heavy atom. The van der Waals surface area contributed by atoms with Crippen LogP contribution in [0.5, 0.6) is 0 Å². The fraction of sp³-hybridized carbons (Fsp3) is 0. The van der Waals surface area contributed by atoms with Gasteiger partial charge in [-0.2, -0.15) is 0 Å². The maximum atomic E-state index is 5.03. The zero-order chi connectivity index (χ0) is 31.3. The maximum absolute atomic E-state index is 5.03. The van der Waals surface area contributed by atoms with Crippen LogP contribution in [0.25, 0.3) is 55.6 Å². The fourth-order valence-electron chi connectivity index (χ4n) is 8.35. The van der Waals surface area contributed by atoms with Crippen molar-refractivity contribution in [2.75, 3.05) is 4.90 Å². The van der Waals surface area contributed by atoms with E-state index in [1.54, 1.807) is 0 Å². The number of rotatable bonds is 3. The molecule has 0 saturated carbocycles. The third kappa shape index (κ3) is 3.31. The summed E-state index contributed by atoms with van der Waals surface area (Å²) in [5, 5.41) is 2.40. The number of para-hydroxylation sites is 4. The number of benzene rings is 5. The summed E-state index contributed by atoms with van der Waals surface area (Å²) in [6.45, 7) is 0.0588. The predicted octanol–water partition coefficient (Wildman–Crippen LogP) is 7.80. The second-order valence-corrected chi connectivity index (χ2v) is 12.6. The fourth-order valence-corrected chi connectivity index (χ4v) is 8.35. The lowest BCUT2D eigenvalue weighted by Crippen LogP contribution is -2.60. The topological polar surface area (TPSA) is 38.9 Å². The van der Waals surface area contributed by atoms with Crippen LogP contribution in [0.4, 0.5) is 17.1 Å². The van der Waals surface area contributed by atoms with E-state index < -0.39 is 0 Å². The van der Waals surface area contributed by atoms with E-state index in [-0.39, 0.29) is 6.71 Å². The summed E-state index contributed by atoms with van der Waals surface area (Å²) >= 11 is 0. The molecule has 0 amide bonds. The van der Waals surface area contributed by atoms with Gasteiger partial charge in [-0.1, -0.05) is 78.9 Å². The maximum Gasteiger partial charge on any atom is 0.252 e. The van der Waals surface area contributed by atoms with Crippen molar-refractivity contribution in [3.05, 3.63) is 158 Å². The molecule has 48 heavy (non-hydrogen) atoms. The van der Waals surface area contributed by atoms with Crippen molar-refractivity contribution < 1.29 is 0 Å². The monoisotopic (exact) mass is 611 g/mol. The first-order valence-corrected chi connectivity index (χ1v) is 16.4. The first kappa shape index (κ1) is 25.8. The van der Waals surface area contributed by atoms with E-state index in [0.29, 0.717) is 0 Å². The number of hydrogen-bond donors (Lipinski definition) is 0. The molecule has 0 aliphatic carbocycles. The minimum atomic E-state index is 0.0588. The van der Waals surface area contributed by atoms with Gasteiger partial charge in [-0.15, -0.1) is 0 Å². The molecule has 2 aliphatic rings. The third-order valence-corrected chi connectivity index (χ3v) is 10.2. The van der Waals surface area contributed by atoms with Crippen LogP contribution in [0.2, 0.25) is 0 Å².